The molecule has 328 valence electrons. The summed E-state index contributed by atoms with van der Waals surface area (Å²) >= 11 is 0. The average molecular weight is 906 g/mol. The molecule has 1 aromatic heterocycles. The van der Waals surface area contributed by atoms with E-state index >= 15 is 35.1 Å². The third kappa shape index (κ3) is 7.69. The van der Waals surface area contributed by atoms with Gasteiger partial charge in [0.2, 0.25) is 0 Å². The lowest BCUT2D eigenvalue weighted by atomic mass is 9.12. The van der Waals surface area contributed by atoms with Crippen molar-refractivity contribution in [3.8, 4) is 0 Å². The molecule has 0 aliphatic carbocycles. The van der Waals surface area contributed by atoms with Crippen LogP contribution in [0, 0.1) is 122 Å². The Kier molecular flexibility index (Phi) is 13.4. The fourth-order valence-corrected chi connectivity index (χ4v) is 6.77. The van der Waals surface area contributed by atoms with E-state index < -0.39 is 144 Å². The molecule has 62 heavy (non-hydrogen) atoms. The second kappa shape index (κ2) is 17.7. The first-order valence-electron chi connectivity index (χ1n) is 17.1. The summed E-state index contributed by atoms with van der Waals surface area (Å²) in [6, 6.07) is 10.5. The standard InChI is InChI=1S/C24BF20.C15H19N2/c26-5-1(6(27)14(35)21(42)13(5)34)25(2-7(28)15(36)22(43)16(37)8(2)29,3-9(30)17(38)23(44)18(39)10(3)31)4-11(32)19(40)24(45)20(41)12(4)33;1-13(2)10-15-12-17(9-8-16-15)11-14-6-4-3-5-7-14/h;3-9,12-13H,10-11H2,1-2H3/q-1;+1. The van der Waals surface area contributed by atoms with E-state index in [1.165, 1.54) is 11.3 Å². The Hall–Kier alpha value is -6.16. The number of hydrogen-bond acceptors (Lipinski definition) is 1. The van der Waals surface area contributed by atoms with Crippen LogP contribution in [0.5, 0.6) is 0 Å². The number of benzene rings is 5. The van der Waals surface area contributed by atoms with Gasteiger partial charge in [-0.15, -0.1) is 21.9 Å². The van der Waals surface area contributed by atoms with Gasteiger partial charge in [-0.25, -0.2) is 92.8 Å². The maximum atomic E-state index is 15.4. The molecule has 0 spiro atoms. The molecule has 0 radical (unpaired) electrons. The summed E-state index contributed by atoms with van der Waals surface area (Å²) < 4.78 is 296. The van der Waals surface area contributed by atoms with Gasteiger partial charge >= 0.3 is 0 Å². The van der Waals surface area contributed by atoms with Gasteiger partial charge in [-0.05, 0) is 12.3 Å². The molecule has 0 fully saturated rings. The largest absolute Gasteiger partial charge is 0.249 e. The molecule has 0 aliphatic rings. The van der Waals surface area contributed by atoms with Crippen LogP contribution in [0.2, 0.25) is 0 Å². The van der Waals surface area contributed by atoms with Gasteiger partial charge in [0, 0.05) is 5.56 Å². The highest BCUT2D eigenvalue weighted by atomic mass is 19.2. The van der Waals surface area contributed by atoms with Gasteiger partial charge in [0.05, 0.1) is 6.20 Å². The molecule has 0 unspecified atom stereocenters. The molecule has 6 rings (SSSR count). The molecule has 0 saturated heterocycles. The second-order valence-electron chi connectivity index (χ2n) is 13.6. The fourth-order valence-electron chi connectivity index (χ4n) is 6.77. The fraction of sp³-hybridized carbons (Fsp3) is 0.128. The van der Waals surface area contributed by atoms with Gasteiger partial charge in [0.15, 0.2) is 88.7 Å². The summed E-state index contributed by atoms with van der Waals surface area (Å²) in [7, 11) is 0. The predicted molar refractivity (Wildman–Crippen MR) is 178 cm³/mol. The molecule has 0 N–H and O–H groups in total. The minimum Gasteiger partial charge on any atom is -0.249 e. The van der Waals surface area contributed by atoms with Crippen molar-refractivity contribution in [3.05, 3.63) is 177 Å². The zero-order valence-electron chi connectivity index (χ0n) is 30.6. The lowest BCUT2D eigenvalue weighted by Crippen LogP contribution is -2.81. The summed E-state index contributed by atoms with van der Waals surface area (Å²) in [4.78, 5) is 4.40. The van der Waals surface area contributed by atoms with Crippen LogP contribution in [-0.4, -0.2) is 11.1 Å². The van der Waals surface area contributed by atoms with Crippen molar-refractivity contribution in [2.45, 2.75) is 26.8 Å². The number of halogens is 20. The normalized spacial score (nSPS) is 11.7. The van der Waals surface area contributed by atoms with Crippen LogP contribution in [0.25, 0.3) is 0 Å². The van der Waals surface area contributed by atoms with Gasteiger partial charge in [0.25, 0.3) is 0 Å². The third-order valence-electron chi connectivity index (χ3n) is 9.35. The highest BCUT2D eigenvalue weighted by Gasteiger charge is 2.52. The highest BCUT2D eigenvalue weighted by Crippen LogP contribution is 2.30. The number of aromatic nitrogens is 2. The molecule has 0 amide bonds. The summed E-state index contributed by atoms with van der Waals surface area (Å²) in [6.07, 6.45) is -0.120. The Morgan fingerprint density at radius 3 is 0.968 bits per heavy atom. The van der Waals surface area contributed by atoms with Crippen molar-refractivity contribution in [3.63, 3.8) is 0 Å². The molecule has 2 nitrogen and oxygen atoms in total. The van der Waals surface area contributed by atoms with Crippen LogP contribution in [-0.2, 0) is 13.0 Å². The number of rotatable bonds is 8. The van der Waals surface area contributed by atoms with Crippen LogP contribution in [0.1, 0.15) is 25.1 Å². The van der Waals surface area contributed by atoms with Crippen LogP contribution < -0.4 is 26.4 Å². The minimum atomic E-state index is -7.22. The maximum Gasteiger partial charge on any atom is 0.200 e. The van der Waals surface area contributed by atoms with Gasteiger partial charge in [-0.2, -0.15) is 4.57 Å². The van der Waals surface area contributed by atoms with E-state index in [9.17, 15) is 52.7 Å². The Morgan fingerprint density at radius 1 is 0.419 bits per heavy atom. The Labute approximate surface area is 334 Å². The zero-order chi connectivity index (χ0) is 46.4. The number of nitrogens with zero attached hydrogens (tertiary/aromatic N) is 2. The van der Waals surface area contributed by atoms with E-state index in [2.05, 4.69) is 53.9 Å². The highest BCUT2D eigenvalue weighted by molar-refractivity contribution is 7.20. The van der Waals surface area contributed by atoms with Gasteiger partial charge in [-0.3, -0.25) is 0 Å². The van der Waals surface area contributed by atoms with Crippen molar-refractivity contribution >= 4 is 28.0 Å². The molecule has 0 bridgehead atoms. The van der Waals surface area contributed by atoms with Crippen LogP contribution in [0.15, 0.2) is 48.9 Å². The van der Waals surface area contributed by atoms with Crippen LogP contribution >= 0.6 is 0 Å². The molecular weight excluding hydrogens is 887 g/mol. The lowest BCUT2D eigenvalue weighted by Gasteiger charge is -2.44. The van der Waals surface area contributed by atoms with Crippen molar-refractivity contribution < 1.29 is 92.4 Å². The lowest BCUT2D eigenvalue weighted by molar-refractivity contribution is -0.689. The maximum absolute atomic E-state index is 15.4. The first-order chi connectivity index (χ1) is 28.9. The quantitative estimate of drug-likeness (QED) is 0.0493. The second-order valence-corrected chi connectivity index (χ2v) is 13.6. The van der Waals surface area contributed by atoms with E-state index in [1.807, 2.05) is 18.5 Å². The third-order valence-corrected chi connectivity index (χ3v) is 9.35. The van der Waals surface area contributed by atoms with Crippen LogP contribution in [0.3, 0.4) is 0 Å². The molecule has 0 atom stereocenters. The van der Waals surface area contributed by atoms with Gasteiger partial charge < -0.3 is 0 Å². The van der Waals surface area contributed by atoms with Gasteiger partial charge in [-0.1, -0.05) is 44.2 Å². The molecule has 5 aromatic carbocycles. The topological polar surface area (TPSA) is 16.8 Å². The average Bonchev–Trinajstić information content (AvgIpc) is 3.24. The van der Waals surface area contributed by atoms with Crippen LogP contribution in [0.4, 0.5) is 87.8 Å². The Morgan fingerprint density at radius 2 is 0.694 bits per heavy atom. The summed E-state index contributed by atoms with van der Waals surface area (Å²) in [5.41, 5.74) is -11.8. The molecule has 1 heterocycles. The number of hydrogen-bond donors (Lipinski definition) is 0. The van der Waals surface area contributed by atoms with Crippen molar-refractivity contribution in [1.29, 1.82) is 0 Å². The first kappa shape index (κ1) is 46.9. The SMILES string of the molecule is CC(C)Cc1c[n+](Cc2ccccc2)ccn1.Fc1c(F)c(F)c([B-](c2c(F)c(F)c(F)c(F)c2F)(c2c(F)c(F)c(F)c(F)c2F)c2c(F)c(F)c(F)c(F)c2F)c(F)c1F. The summed E-state index contributed by atoms with van der Waals surface area (Å²) in [6.45, 7) is 5.35. The van der Waals surface area contributed by atoms with Gasteiger partial charge in [0.1, 0.15) is 58.4 Å². The van der Waals surface area contributed by atoms with E-state index in [-0.39, 0.29) is 0 Å². The van der Waals surface area contributed by atoms with Crippen molar-refractivity contribution in [2.24, 2.45) is 5.92 Å². The van der Waals surface area contributed by atoms with Crippen molar-refractivity contribution in [2.75, 3.05) is 0 Å². The van der Waals surface area contributed by atoms with Crippen molar-refractivity contribution in [1.82, 2.24) is 4.98 Å². The molecular formula is C39H19BF20N2. The predicted octanol–water partition coefficient (Wildman–Crippen LogP) is 8.46. The zero-order valence-corrected chi connectivity index (χ0v) is 30.6. The van der Waals surface area contributed by atoms with E-state index in [4.69, 9.17) is 0 Å². The molecule has 6 aromatic rings. The minimum absolute atomic E-state index is 0.648. The molecule has 23 heteroatoms. The Bertz CT molecular complexity index is 2350. The Balaban J connectivity index is 0.000000355. The molecule has 0 aliphatic heterocycles. The van der Waals surface area contributed by atoms with E-state index in [1.54, 1.807) is 0 Å². The summed E-state index contributed by atoms with van der Waals surface area (Å²) in [5.74, 6) is -70.8. The summed E-state index contributed by atoms with van der Waals surface area (Å²) in [5, 5.41) is 0. The molecule has 0 saturated carbocycles. The smallest absolute Gasteiger partial charge is 0.200 e. The van der Waals surface area contributed by atoms with E-state index in [0.29, 0.717) is 5.92 Å². The first-order valence-corrected chi connectivity index (χ1v) is 17.1. The monoisotopic (exact) mass is 906 g/mol. The van der Waals surface area contributed by atoms with E-state index in [0.717, 1.165) is 13.0 Å².